The third-order valence-electron chi connectivity index (χ3n) is 0.565. The highest BCUT2D eigenvalue weighted by atomic mass is 16.5. The van der Waals surface area contributed by atoms with E-state index >= 15 is 0 Å². The van der Waals surface area contributed by atoms with Crippen LogP contribution in [0.25, 0.3) is 0 Å². The van der Waals surface area contributed by atoms with Gasteiger partial charge in [0.2, 0.25) is 5.90 Å². The van der Waals surface area contributed by atoms with E-state index in [0.717, 1.165) is 0 Å². The van der Waals surface area contributed by atoms with Gasteiger partial charge in [-0.2, -0.15) is 5.10 Å². The third kappa shape index (κ3) is 3.33. The van der Waals surface area contributed by atoms with Crippen LogP contribution < -0.4 is 0 Å². The van der Waals surface area contributed by atoms with Gasteiger partial charge in [-0.25, -0.2) is 0 Å². The molecule has 3 nitrogen and oxygen atoms in total. The Balaban J connectivity index is 3.44. The summed E-state index contributed by atoms with van der Waals surface area (Å²) in [7, 11) is 0. The lowest BCUT2D eigenvalue weighted by atomic mass is 10.7. The normalized spacial score (nSPS) is 11.0. The molecule has 0 fully saturated rings. The van der Waals surface area contributed by atoms with Crippen molar-refractivity contribution in [3.63, 3.8) is 0 Å². The highest BCUT2D eigenvalue weighted by Gasteiger charge is 1.82. The summed E-state index contributed by atoms with van der Waals surface area (Å²) in [6.07, 6.45) is 0. The SMILES string of the molecule is C=N/N=C(/C)OCC. The van der Waals surface area contributed by atoms with Crippen molar-refractivity contribution in [2.75, 3.05) is 6.61 Å². The predicted molar refractivity (Wildman–Crippen MR) is 34.3 cm³/mol. The molecule has 0 bridgehead atoms. The molecule has 0 amide bonds. The molecule has 0 aromatic carbocycles. The number of nitrogens with zero attached hydrogens (tertiary/aromatic N) is 2. The molecule has 46 valence electrons. The Morgan fingerprint density at radius 3 is 2.75 bits per heavy atom. The van der Waals surface area contributed by atoms with Gasteiger partial charge >= 0.3 is 0 Å². The van der Waals surface area contributed by atoms with E-state index in [9.17, 15) is 0 Å². The van der Waals surface area contributed by atoms with E-state index in [1.807, 2.05) is 6.92 Å². The maximum absolute atomic E-state index is 4.90. The molecular formula is C5H10N2O. The van der Waals surface area contributed by atoms with Crippen LogP contribution in [0, 0.1) is 0 Å². The van der Waals surface area contributed by atoms with Gasteiger partial charge in [0.05, 0.1) is 6.61 Å². The molecular weight excluding hydrogens is 104 g/mol. The van der Waals surface area contributed by atoms with Crippen LogP contribution in [0.1, 0.15) is 13.8 Å². The molecule has 0 saturated heterocycles. The van der Waals surface area contributed by atoms with E-state index in [4.69, 9.17) is 4.74 Å². The van der Waals surface area contributed by atoms with Crippen molar-refractivity contribution in [1.29, 1.82) is 0 Å². The van der Waals surface area contributed by atoms with Crippen molar-refractivity contribution in [2.45, 2.75) is 13.8 Å². The third-order valence-corrected chi connectivity index (χ3v) is 0.565. The average Bonchev–Trinajstić information content (AvgIpc) is 1.68. The van der Waals surface area contributed by atoms with E-state index in [2.05, 4.69) is 16.9 Å². The largest absolute Gasteiger partial charge is 0.480 e. The standard InChI is InChI=1S/C5H10N2O/c1-4-8-5(2)7-6-3/h3-4H2,1-2H3/b7-5-. The van der Waals surface area contributed by atoms with Crippen LogP contribution in [-0.4, -0.2) is 19.2 Å². The molecule has 3 heteroatoms. The molecule has 0 heterocycles. The molecule has 0 rings (SSSR count). The van der Waals surface area contributed by atoms with E-state index in [1.54, 1.807) is 6.92 Å². The average molecular weight is 114 g/mol. The zero-order chi connectivity index (χ0) is 6.41. The van der Waals surface area contributed by atoms with Crippen LogP contribution in [0.15, 0.2) is 10.2 Å². The van der Waals surface area contributed by atoms with Crippen LogP contribution in [0.2, 0.25) is 0 Å². The van der Waals surface area contributed by atoms with Gasteiger partial charge in [0.25, 0.3) is 0 Å². The quantitative estimate of drug-likeness (QED) is 0.300. The lowest BCUT2D eigenvalue weighted by Crippen LogP contribution is -1.96. The van der Waals surface area contributed by atoms with Crippen LogP contribution >= 0.6 is 0 Å². The first-order chi connectivity index (χ1) is 3.81. The van der Waals surface area contributed by atoms with Gasteiger partial charge in [0.1, 0.15) is 0 Å². The van der Waals surface area contributed by atoms with E-state index < -0.39 is 0 Å². The zero-order valence-corrected chi connectivity index (χ0v) is 5.22. The van der Waals surface area contributed by atoms with Crippen molar-refractivity contribution in [3.8, 4) is 0 Å². The van der Waals surface area contributed by atoms with E-state index in [0.29, 0.717) is 12.5 Å². The first-order valence-electron chi connectivity index (χ1n) is 2.44. The van der Waals surface area contributed by atoms with Crippen molar-refractivity contribution in [3.05, 3.63) is 0 Å². The summed E-state index contributed by atoms with van der Waals surface area (Å²) < 4.78 is 4.90. The maximum Gasteiger partial charge on any atom is 0.205 e. The fourth-order valence-electron chi connectivity index (χ4n) is 0.337. The Morgan fingerprint density at radius 2 is 2.38 bits per heavy atom. The summed E-state index contributed by atoms with van der Waals surface area (Å²) >= 11 is 0. The molecule has 0 spiro atoms. The number of ether oxygens (including phenoxy) is 1. The number of hydrogen-bond acceptors (Lipinski definition) is 3. The molecule has 0 atom stereocenters. The Morgan fingerprint density at radius 1 is 1.75 bits per heavy atom. The summed E-state index contributed by atoms with van der Waals surface area (Å²) in [4.78, 5) is 0. The first kappa shape index (κ1) is 7.14. The summed E-state index contributed by atoms with van der Waals surface area (Å²) in [6.45, 7) is 7.42. The molecule has 0 saturated carbocycles. The topological polar surface area (TPSA) is 34.0 Å². The second-order valence-electron chi connectivity index (χ2n) is 1.19. The molecule has 0 N–H and O–H groups in total. The van der Waals surface area contributed by atoms with Crippen LogP contribution in [0.4, 0.5) is 0 Å². The second-order valence-corrected chi connectivity index (χ2v) is 1.19. The Hall–Kier alpha value is -0.860. The van der Waals surface area contributed by atoms with Crippen LogP contribution in [0.5, 0.6) is 0 Å². The predicted octanol–water partition coefficient (Wildman–Crippen LogP) is 1.06. The van der Waals surface area contributed by atoms with Gasteiger partial charge in [0, 0.05) is 13.6 Å². The molecule has 0 radical (unpaired) electrons. The molecule has 8 heavy (non-hydrogen) atoms. The Bertz CT molecular complexity index is 98.6. The monoisotopic (exact) mass is 114 g/mol. The van der Waals surface area contributed by atoms with Gasteiger partial charge in [-0.1, -0.05) is 0 Å². The molecule has 0 aromatic heterocycles. The van der Waals surface area contributed by atoms with Gasteiger partial charge in [-0.05, 0) is 6.92 Å². The highest BCUT2D eigenvalue weighted by Crippen LogP contribution is 1.79. The molecule has 0 aromatic rings. The molecule has 0 aliphatic heterocycles. The minimum atomic E-state index is 0.558. The van der Waals surface area contributed by atoms with Crippen molar-refractivity contribution in [2.24, 2.45) is 10.2 Å². The lowest BCUT2D eigenvalue weighted by Gasteiger charge is -1.95. The Labute approximate surface area is 49.1 Å². The maximum atomic E-state index is 4.90. The van der Waals surface area contributed by atoms with Crippen LogP contribution in [-0.2, 0) is 4.74 Å². The summed E-state index contributed by atoms with van der Waals surface area (Å²) in [5.41, 5.74) is 0. The summed E-state index contributed by atoms with van der Waals surface area (Å²) in [6, 6.07) is 0. The van der Waals surface area contributed by atoms with Crippen LogP contribution in [0.3, 0.4) is 0 Å². The van der Waals surface area contributed by atoms with Crippen molar-refractivity contribution < 1.29 is 4.74 Å². The van der Waals surface area contributed by atoms with Gasteiger partial charge in [-0.15, -0.1) is 5.10 Å². The fourth-order valence-corrected chi connectivity index (χ4v) is 0.337. The molecule has 0 aliphatic carbocycles. The van der Waals surface area contributed by atoms with Gasteiger partial charge < -0.3 is 4.74 Å². The Kier molecular flexibility index (Phi) is 3.84. The van der Waals surface area contributed by atoms with Crippen molar-refractivity contribution in [1.82, 2.24) is 0 Å². The fraction of sp³-hybridized carbons (Fsp3) is 0.600. The van der Waals surface area contributed by atoms with Gasteiger partial charge in [-0.3, -0.25) is 0 Å². The molecule has 0 aliphatic rings. The summed E-state index contributed by atoms with van der Waals surface area (Å²) in [5.74, 6) is 0.558. The minimum absolute atomic E-state index is 0.558. The number of rotatable bonds is 2. The van der Waals surface area contributed by atoms with Gasteiger partial charge in [0.15, 0.2) is 0 Å². The lowest BCUT2D eigenvalue weighted by molar-refractivity contribution is 0.323. The smallest absolute Gasteiger partial charge is 0.205 e. The minimum Gasteiger partial charge on any atom is -0.480 e. The zero-order valence-electron chi connectivity index (χ0n) is 5.22. The number of hydrogen-bond donors (Lipinski definition) is 0. The first-order valence-corrected chi connectivity index (χ1v) is 2.44. The summed E-state index contributed by atoms with van der Waals surface area (Å²) in [5, 5.41) is 6.79. The molecule has 0 unspecified atom stereocenters. The second kappa shape index (κ2) is 4.30. The highest BCUT2D eigenvalue weighted by molar-refractivity contribution is 5.73. The van der Waals surface area contributed by atoms with E-state index in [1.165, 1.54) is 0 Å². The van der Waals surface area contributed by atoms with E-state index in [-0.39, 0.29) is 0 Å². The van der Waals surface area contributed by atoms with Crippen molar-refractivity contribution >= 4 is 12.6 Å².